The molecule has 27 heavy (non-hydrogen) atoms. The molecule has 0 aliphatic carbocycles. The van der Waals surface area contributed by atoms with Crippen molar-refractivity contribution in [3.8, 4) is 0 Å². The molecule has 2 aromatic heterocycles. The number of carbonyl (C=O) groups is 1. The molecule has 0 bridgehead atoms. The van der Waals surface area contributed by atoms with Gasteiger partial charge in [-0.05, 0) is 41.8 Å². The van der Waals surface area contributed by atoms with Crippen LogP contribution >= 0.6 is 23.2 Å². The lowest BCUT2D eigenvalue weighted by atomic mass is 10.00. The zero-order valence-corrected chi connectivity index (χ0v) is 16.0. The zero-order valence-electron chi connectivity index (χ0n) is 14.5. The van der Waals surface area contributed by atoms with Crippen LogP contribution in [0.3, 0.4) is 0 Å². The van der Waals surface area contributed by atoms with Crippen LogP contribution in [-0.2, 0) is 6.54 Å². The van der Waals surface area contributed by atoms with Crippen LogP contribution in [-0.4, -0.2) is 34.0 Å². The van der Waals surface area contributed by atoms with Crippen molar-refractivity contribution in [2.45, 2.75) is 13.0 Å². The Morgan fingerprint density at radius 1 is 1.26 bits per heavy atom. The van der Waals surface area contributed by atoms with E-state index in [1.165, 1.54) is 5.57 Å². The molecule has 4 rings (SSSR count). The molecule has 0 fully saturated rings. The second-order valence-corrected chi connectivity index (χ2v) is 7.25. The Kier molecular flexibility index (Phi) is 5.05. The molecule has 2 amide bonds. The Labute approximate surface area is 167 Å². The summed E-state index contributed by atoms with van der Waals surface area (Å²) in [7, 11) is 0. The second kappa shape index (κ2) is 7.62. The molecule has 138 valence electrons. The Bertz CT molecular complexity index is 1030. The van der Waals surface area contributed by atoms with Crippen LogP contribution in [0, 0.1) is 0 Å². The van der Waals surface area contributed by atoms with Gasteiger partial charge >= 0.3 is 6.03 Å². The summed E-state index contributed by atoms with van der Waals surface area (Å²) >= 11 is 11.9. The minimum Gasteiger partial charge on any atom is -0.346 e. The monoisotopic (exact) mass is 400 g/mol. The normalized spacial score (nSPS) is 14.3. The van der Waals surface area contributed by atoms with Crippen LogP contribution in [0.25, 0.3) is 16.6 Å². The maximum absolute atomic E-state index is 12.4. The van der Waals surface area contributed by atoms with Gasteiger partial charge < -0.3 is 15.2 Å². The maximum Gasteiger partial charge on any atom is 0.317 e. The summed E-state index contributed by atoms with van der Waals surface area (Å²) in [5, 5.41) is 5.04. The van der Waals surface area contributed by atoms with Crippen molar-refractivity contribution in [1.82, 2.24) is 20.2 Å². The first kappa shape index (κ1) is 17.9. The van der Waals surface area contributed by atoms with E-state index in [-0.39, 0.29) is 6.03 Å². The quantitative estimate of drug-likeness (QED) is 0.658. The molecule has 0 spiro atoms. The van der Waals surface area contributed by atoms with E-state index in [4.69, 9.17) is 23.2 Å². The largest absolute Gasteiger partial charge is 0.346 e. The zero-order chi connectivity index (χ0) is 18.8. The minimum absolute atomic E-state index is 0.0861. The Morgan fingerprint density at radius 3 is 2.93 bits per heavy atom. The third-order valence-electron chi connectivity index (χ3n) is 4.72. The molecule has 0 radical (unpaired) electrons. The molecule has 5 nitrogen and oxygen atoms in total. The number of benzene rings is 1. The molecule has 0 unspecified atom stereocenters. The van der Waals surface area contributed by atoms with Gasteiger partial charge in [-0.3, -0.25) is 0 Å². The number of rotatable bonds is 3. The van der Waals surface area contributed by atoms with Gasteiger partial charge in [0.05, 0.1) is 10.0 Å². The lowest BCUT2D eigenvalue weighted by Crippen LogP contribution is -2.41. The number of amides is 2. The highest BCUT2D eigenvalue weighted by Gasteiger charge is 2.19. The van der Waals surface area contributed by atoms with E-state index in [0.717, 1.165) is 28.6 Å². The summed E-state index contributed by atoms with van der Waals surface area (Å²) in [6, 6.07) is 9.27. The number of hydrogen-bond acceptors (Lipinski definition) is 2. The van der Waals surface area contributed by atoms with Gasteiger partial charge in [0.15, 0.2) is 0 Å². The fraction of sp³-hybridized carbons (Fsp3) is 0.200. The highest BCUT2D eigenvalue weighted by molar-refractivity contribution is 6.42. The number of pyridine rings is 1. The minimum atomic E-state index is -0.0861. The lowest BCUT2D eigenvalue weighted by Gasteiger charge is -2.26. The fourth-order valence-electron chi connectivity index (χ4n) is 3.26. The molecule has 0 atom stereocenters. The van der Waals surface area contributed by atoms with Crippen molar-refractivity contribution < 1.29 is 4.79 Å². The van der Waals surface area contributed by atoms with Gasteiger partial charge in [-0.15, -0.1) is 0 Å². The number of aromatic nitrogens is 2. The second-order valence-electron chi connectivity index (χ2n) is 6.43. The number of aromatic amines is 1. The van der Waals surface area contributed by atoms with Crippen LogP contribution < -0.4 is 5.32 Å². The first-order valence-electron chi connectivity index (χ1n) is 8.70. The van der Waals surface area contributed by atoms with Gasteiger partial charge in [0.25, 0.3) is 0 Å². The number of halogens is 2. The number of hydrogen-bond donors (Lipinski definition) is 2. The number of nitrogens with zero attached hydrogens (tertiary/aromatic N) is 2. The van der Waals surface area contributed by atoms with Crippen molar-refractivity contribution in [1.29, 1.82) is 0 Å². The Hall–Kier alpha value is -2.50. The van der Waals surface area contributed by atoms with Gasteiger partial charge in [-0.1, -0.05) is 35.3 Å². The summed E-state index contributed by atoms with van der Waals surface area (Å²) in [5.74, 6) is 0. The van der Waals surface area contributed by atoms with Crippen LogP contribution in [0.4, 0.5) is 4.79 Å². The predicted molar refractivity (Wildman–Crippen MR) is 109 cm³/mol. The standard InChI is InChI=1S/C20H18Cl2N4O/c21-17-4-3-13(10-18(17)22)11-25-20(27)26-8-5-14(6-9-26)16-12-24-19-15(16)2-1-7-23-19/h1-5,7,10,12H,6,8-9,11H2,(H,23,24)(H,25,27). The van der Waals surface area contributed by atoms with Gasteiger partial charge in [0.1, 0.15) is 5.65 Å². The van der Waals surface area contributed by atoms with E-state index in [1.807, 2.05) is 18.3 Å². The fourth-order valence-corrected chi connectivity index (χ4v) is 3.58. The van der Waals surface area contributed by atoms with Crippen LogP contribution in [0.2, 0.25) is 10.0 Å². The molecule has 3 heterocycles. The lowest BCUT2D eigenvalue weighted by molar-refractivity contribution is 0.202. The summed E-state index contributed by atoms with van der Waals surface area (Å²) in [6.45, 7) is 1.67. The van der Waals surface area contributed by atoms with Crippen LogP contribution in [0.15, 0.2) is 48.8 Å². The van der Waals surface area contributed by atoms with E-state index in [1.54, 1.807) is 23.2 Å². The average Bonchev–Trinajstić information content (AvgIpc) is 3.13. The molecule has 1 aliphatic rings. The van der Waals surface area contributed by atoms with Gasteiger partial charge in [-0.2, -0.15) is 0 Å². The number of urea groups is 1. The molecule has 0 saturated heterocycles. The maximum atomic E-state index is 12.4. The third-order valence-corrected chi connectivity index (χ3v) is 5.46. The molecule has 2 N–H and O–H groups in total. The van der Waals surface area contributed by atoms with E-state index >= 15 is 0 Å². The number of H-pyrrole nitrogens is 1. The molecule has 1 aliphatic heterocycles. The van der Waals surface area contributed by atoms with Gasteiger partial charge in [0.2, 0.25) is 0 Å². The van der Waals surface area contributed by atoms with Gasteiger partial charge in [-0.25, -0.2) is 9.78 Å². The van der Waals surface area contributed by atoms with Crippen LogP contribution in [0.1, 0.15) is 17.5 Å². The SMILES string of the molecule is O=C(NCc1ccc(Cl)c(Cl)c1)N1CC=C(c2c[nH]c3ncccc23)CC1. The number of nitrogens with one attached hydrogen (secondary N) is 2. The molecule has 1 aromatic carbocycles. The molecular formula is C20H18Cl2N4O. The Morgan fingerprint density at radius 2 is 2.15 bits per heavy atom. The first-order valence-corrected chi connectivity index (χ1v) is 9.45. The summed E-state index contributed by atoms with van der Waals surface area (Å²) in [4.78, 5) is 21.8. The molecule has 0 saturated carbocycles. The average molecular weight is 401 g/mol. The molecule has 7 heteroatoms. The van der Waals surface area contributed by atoms with Crippen molar-refractivity contribution in [2.75, 3.05) is 13.1 Å². The van der Waals surface area contributed by atoms with Crippen molar-refractivity contribution in [2.24, 2.45) is 0 Å². The highest BCUT2D eigenvalue weighted by atomic mass is 35.5. The summed E-state index contributed by atoms with van der Waals surface area (Å²) in [5.41, 5.74) is 4.20. The summed E-state index contributed by atoms with van der Waals surface area (Å²) < 4.78 is 0. The topological polar surface area (TPSA) is 61.0 Å². The third kappa shape index (κ3) is 3.80. The van der Waals surface area contributed by atoms with Crippen LogP contribution in [0.5, 0.6) is 0 Å². The Balaban J connectivity index is 1.39. The van der Waals surface area contributed by atoms with Crippen molar-refractivity contribution in [3.05, 3.63) is 70.0 Å². The number of fused-ring (bicyclic) bond motifs is 1. The van der Waals surface area contributed by atoms with E-state index in [0.29, 0.717) is 29.7 Å². The van der Waals surface area contributed by atoms with E-state index in [9.17, 15) is 4.79 Å². The summed E-state index contributed by atoms with van der Waals surface area (Å²) in [6.07, 6.45) is 6.68. The van der Waals surface area contributed by atoms with Crippen molar-refractivity contribution >= 4 is 45.8 Å². The van der Waals surface area contributed by atoms with Gasteiger partial charge in [0, 0.05) is 43.0 Å². The smallest absolute Gasteiger partial charge is 0.317 e. The molecule has 3 aromatic rings. The predicted octanol–water partition coefficient (Wildman–Crippen LogP) is 4.87. The van der Waals surface area contributed by atoms with Crippen molar-refractivity contribution in [3.63, 3.8) is 0 Å². The highest BCUT2D eigenvalue weighted by Crippen LogP contribution is 2.28. The van der Waals surface area contributed by atoms with E-state index < -0.39 is 0 Å². The molecular weight excluding hydrogens is 383 g/mol. The number of carbonyl (C=O) groups excluding carboxylic acids is 1. The first-order chi connectivity index (χ1) is 13.1. The van der Waals surface area contributed by atoms with E-state index in [2.05, 4.69) is 27.4 Å².